The van der Waals surface area contributed by atoms with Crippen molar-refractivity contribution < 1.29 is 9.53 Å². The minimum Gasteiger partial charge on any atom is -0.444 e. The molecule has 1 amide bonds. The second-order valence-corrected chi connectivity index (χ2v) is 14.2. The highest BCUT2D eigenvalue weighted by molar-refractivity contribution is 6.30. The minimum absolute atomic E-state index is 0.252. The Morgan fingerprint density at radius 1 is 0.755 bits per heavy atom. The standard InChI is InChI=1S/C20H22ClN5O2.C15H14ClN5/c1-20(2,3)28-19(27)25-9-13(10-25)11-26-12-15(8-23-26)14-6-17-16(22-7-14)4-5-18(21)24-17;16-15-2-1-13-14(20-15)3-11(6-18-13)12-7-19-21(9-12)8-10-4-17-5-10/h4-8,12-13H,9-11H2,1-3H3;1-3,6-7,9-10,17H,4-5,8H2. The number of carbonyl (C=O) groups excluding carboxylic acids is 1. The van der Waals surface area contributed by atoms with Crippen LogP contribution in [0.3, 0.4) is 0 Å². The Hall–Kier alpha value is -4.65. The molecule has 2 fully saturated rings. The lowest BCUT2D eigenvalue weighted by Gasteiger charge is -2.39. The molecular formula is C35H36Cl2N10O2. The lowest BCUT2D eigenvalue weighted by atomic mass is 10.0. The van der Waals surface area contributed by atoms with Gasteiger partial charge < -0.3 is 15.0 Å². The van der Waals surface area contributed by atoms with Gasteiger partial charge in [-0.05, 0) is 57.2 Å². The van der Waals surface area contributed by atoms with Crippen molar-refractivity contribution in [3.8, 4) is 22.3 Å². The van der Waals surface area contributed by atoms with Crippen LogP contribution in [0.2, 0.25) is 10.3 Å². The van der Waals surface area contributed by atoms with Crippen molar-refractivity contribution in [2.75, 3.05) is 26.2 Å². The van der Waals surface area contributed by atoms with E-state index < -0.39 is 5.60 Å². The number of fused-ring (bicyclic) bond motifs is 2. The summed E-state index contributed by atoms with van der Waals surface area (Å²) >= 11 is 11.9. The molecule has 0 unspecified atom stereocenters. The Morgan fingerprint density at radius 3 is 1.73 bits per heavy atom. The van der Waals surface area contributed by atoms with Gasteiger partial charge in [-0.25, -0.2) is 14.8 Å². The van der Waals surface area contributed by atoms with Crippen LogP contribution in [0.4, 0.5) is 4.79 Å². The zero-order chi connectivity index (χ0) is 34.1. The number of hydrogen-bond acceptors (Lipinski definition) is 9. The van der Waals surface area contributed by atoms with Gasteiger partial charge in [0.15, 0.2) is 0 Å². The van der Waals surface area contributed by atoms with Crippen LogP contribution >= 0.6 is 23.2 Å². The monoisotopic (exact) mass is 698 g/mol. The molecule has 0 radical (unpaired) electrons. The van der Waals surface area contributed by atoms with Gasteiger partial charge in [0.1, 0.15) is 15.9 Å². The summed E-state index contributed by atoms with van der Waals surface area (Å²) in [5.41, 5.74) is 6.71. The van der Waals surface area contributed by atoms with E-state index in [0.29, 0.717) is 35.2 Å². The molecule has 2 aliphatic heterocycles. The highest BCUT2D eigenvalue weighted by atomic mass is 35.5. The highest BCUT2D eigenvalue weighted by Crippen LogP contribution is 2.26. The molecule has 8 heterocycles. The molecule has 0 bridgehead atoms. The van der Waals surface area contributed by atoms with Crippen LogP contribution in [0, 0.1) is 11.8 Å². The first kappa shape index (κ1) is 32.9. The summed E-state index contributed by atoms with van der Waals surface area (Å²) < 4.78 is 9.29. The quantitative estimate of drug-likeness (QED) is 0.197. The van der Waals surface area contributed by atoms with Gasteiger partial charge >= 0.3 is 6.09 Å². The number of rotatable bonds is 6. The third-order valence-corrected chi connectivity index (χ3v) is 8.73. The van der Waals surface area contributed by atoms with Gasteiger partial charge in [0.25, 0.3) is 0 Å². The number of aromatic nitrogens is 8. The average molecular weight is 700 g/mol. The molecule has 1 N–H and O–H groups in total. The van der Waals surface area contributed by atoms with E-state index in [2.05, 4.69) is 41.6 Å². The molecule has 252 valence electrons. The lowest BCUT2D eigenvalue weighted by Crippen LogP contribution is -2.52. The predicted molar refractivity (Wildman–Crippen MR) is 189 cm³/mol. The molecule has 6 aromatic heterocycles. The van der Waals surface area contributed by atoms with Crippen LogP contribution in [0.1, 0.15) is 20.8 Å². The number of ether oxygens (including phenoxy) is 1. The Labute approximate surface area is 293 Å². The molecule has 0 aromatic carbocycles. The second kappa shape index (κ2) is 13.7. The summed E-state index contributed by atoms with van der Waals surface area (Å²) in [4.78, 5) is 31.2. The number of nitrogens with one attached hydrogen (secondary N) is 1. The van der Waals surface area contributed by atoms with Gasteiger partial charge in [-0.15, -0.1) is 0 Å². The number of likely N-dealkylation sites (tertiary alicyclic amines) is 1. The van der Waals surface area contributed by atoms with E-state index in [0.717, 1.165) is 70.5 Å². The maximum atomic E-state index is 12.0. The highest BCUT2D eigenvalue weighted by Gasteiger charge is 2.34. The van der Waals surface area contributed by atoms with E-state index in [1.807, 2.05) is 85.4 Å². The molecule has 2 saturated heterocycles. The topological polar surface area (TPSA) is 129 Å². The van der Waals surface area contributed by atoms with Gasteiger partial charge in [0.05, 0.1) is 34.5 Å². The summed E-state index contributed by atoms with van der Waals surface area (Å²) in [6.45, 7) is 10.9. The SMILES string of the molecule is CC(C)(C)OC(=O)N1CC(Cn2cc(-c3cnc4ccc(Cl)nc4c3)cn2)C1.Clc1ccc2ncc(-c3cnn(CC4CNC4)c3)cc2n1. The van der Waals surface area contributed by atoms with Crippen molar-refractivity contribution in [2.24, 2.45) is 11.8 Å². The van der Waals surface area contributed by atoms with Gasteiger partial charge in [-0.2, -0.15) is 10.2 Å². The predicted octanol–water partition coefficient (Wildman–Crippen LogP) is 6.38. The first-order valence-corrected chi connectivity index (χ1v) is 16.9. The van der Waals surface area contributed by atoms with E-state index in [-0.39, 0.29) is 6.09 Å². The molecule has 0 aliphatic carbocycles. The minimum atomic E-state index is -0.466. The number of nitrogens with zero attached hydrogens (tertiary/aromatic N) is 9. The lowest BCUT2D eigenvalue weighted by molar-refractivity contribution is -0.00383. The van der Waals surface area contributed by atoms with Crippen molar-refractivity contribution in [3.63, 3.8) is 0 Å². The van der Waals surface area contributed by atoms with Crippen LogP contribution in [0.25, 0.3) is 44.3 Å². The molecule has 6 aromatic rings. The summed E-state index contributed by atoms with van der Waals surface area (Å²) in [7, 11) is 0. The number of carbonyl (C=O) groups is 1. The van der Waals surface area contributed by atoms with Crippen LogP contribution in [0.5, 0.6) is 0 Å². The van der Waals surface area contributed by atoms with Gasteiger partial charge in [0, 0.05) is 98.1 Å². The molecular weight excluding hydrogens is 663 g/mol. The summed E-state index contributed by atoms with van der Waals surface area (Å²) in [6, 6.07) is 11.2. The second-order valence-electron chi connectivity index (χ2n) is 13.5. The number of halogens is 2. The van der Waals surface area contributed by atoms with E-state index >= 15 is 0 Å². The van der Waals surface area contributed by atoms with E-state index in [9.17, 15) is 4.79 Å². The van der Waals surface area contributed by atoms with Crippen LogP contribution in [-0.4, -0.2) is 82.3 Å². The molecule has 2 aliphatic rings. The molecule has 0 spiro atoms. The average Bonchev–Trinajstić information content (AvgIpc) is 3.69. The Morgan fingerprint density at radius 2 is 1.27 bits per heavy atom. The van der Waals surface area contributed by atoms with Crippen molar-refractivity contribution in [1.82, 2.24) is 49.7 Å². The van der Waals surface area contributed by atoms with Crippen LogP contribution in [0.15, 0.2) is 73.6 Å². The number of hydrogen-bond donors (Lipinski definition) is 1. The zero-order valence-corrected chi connectivity index (χ0v) is 28.9. The molecule has 14 heteroatoms. The Kier molecular flexibility index (Phi) is 9.19. The van der Waals surface area contributed by atoms with E-state index in [1.165, 1.54) is 0 Å². The normalized spacial score (nSPS) is 15.1. The van der Waals surface area contributed by atoms with Crippen LogP contribution < -0.4 is 5.32 Å². The summed E-state index contributed by atoms with van der Waals surface area (Å²) in [5, 5.41) is 13.1. The van der Waals surface area contributed by atoms with Crippen molar-refractivity contribution in [2.45, 2.75) is 39.5 Å². The van der Waals surface area contributed by atoms with Gasteiger partial charge in [0.2, 0.25) is 0 Å². The molecule has 0 atom stereocenters. The summed E-state index contributed by atoms with van der Waals surface area (Å²) in [5.74, 6) is 1.06. The van der Waals surface area contributed by atoms with Crippen molar-refractivity contribution >= 4 is 51.4 Å². The Balaban J connectivity index is 0.000000160. The maximum Gasteiger partial charge on any atom is 0.410 e. The largest absolute Gasteiger partial charge is 0.444 e. The number of pyridine rings is 4. The fourth-order valence-electron chi connectivity index (χ4n) is 5.67. The molecule has 12 nitrogen and oxygen atoms in total. The molecule has 0 saturated carbocycles. The Bertz CT molecular complexity index is 2120. The van der Waals surface area contributed by atoms with E-state index in [1.54, 1.807) is 17.0 Å². The summed E-state index contributed by atoms with van der Waals surface area (Å²) in [6.07, 6.45) is 11.2. The zero-order valence-electron chi connectivity index (χ0n) is 27.4. The van der Waals surface area contributed by atoms with Crippen LogP contribution in [-0.2, 0) is 17.8 Å². The van der Waals surface area contributed by atoms with Crippen molar-refractivity contribution in [3.05, 3.63) is 83.9 Å². The molecule has 49 heavy (non-hydrogen) atoms. The smallest absolute Gasteiger partial charge is 0.410 e. The molecule has 8 rings (SSSR count). The van der Waals surface area contributed by atoms with E-state index in [4.69, 9.17) is 27.9 Å². The van der Waals surface area contributed by atoms with Crippen molar-refractivity contribution in [1.29, 1.82) is 0 Å². The first-order valence-electron chi connectivity index (χ1n) is 16.1. The fourth-order valence-corrected chi connectivity index (χ4v) is 5.98. The number of amides is 1. The first-order chi connectivity index (χ1) is 23.5. The fraction of sp³-hybridized carbons (Fsp3) is 0.343. The third-order valence-electron chi connectivity index (χ3n) is 8.31. The maximum absolute atomic E-state index is 12.0. The third kappa shape index (κ3) is 7.98. The van der Waals surface area contributed by atoms with Gasteiger partial charge in [-0.1, -0.05) is 23.2 Å². The van der Waals surface area contributed by atoms with Gasteiger partial charge in [-0.3, -0.25) is 19.3 Å².